The fraction of sp³-hybridized carbons (Fsp3) is 0.478. The van der Waals surface area contributed by atoms with E-state index < -0.39 is 0 Å². The van der Waals surface area contributed by atoms with Gasteiger partial charge in [-0.25, -0.2) is 0 Å². The van der Waals surface area contributed by atoms with Crippen molar-refractivity contribution in [1.82, 2.24) is 19.7 Å². The second-order valence-corrected chi connectivity index (χ2v) is 8.24. The van der Waals surface area contributed by atoms with Gasteiger partial charge in [-0.1, -0.05) is 37.5 Å². The highest BCUT2D eigenvalue weighted by Crippen LogP contribution is 2.44. The molecule has 1 unspecified atom stereocenters. The molecule has 0 radical (unpaired) electrons. The van der Waals surface area contributed by atoms with Crippen LogP contribution in [0.25, 0.3) is 10.9 Å². The molecule has 5 nitrogen and oxygen atoms in total. The lowest BCUT2D eigenvalue weighted by Gasteiger charge is -2.41. The number of aromatic nitrogens is 3. The predicted octanol–water partition coefficient (Wildman–Crippen LogP) is 4.70. The number of amides is 1. The smallest absolute Gasteiger partial charge is 0.257 e. The normalized spacial score (nSPS) is 20.5. The molecule has 2 aromatic heterocycles. The molecule has 1 amide bonds. The number of hydrogen-bond acceptors (Lipinski definition) is 2. The summed E-state index contributed by atoms with van der Waals surface area (Å²) in [7, 11) is 0. The fourth-order valence-electron chi connectivity index (χ4n) is 5.25. The van der Waals surface area contributed by atoms with Gasteiger partial charge in [0.25, 0.3) is 5.91 Å². The van der Waals surface area contributed by atoms with E-state index in [1.807, 2.05) is 17.8 Å². The first-order valence-corrected chi connectivity index (χ1v) is 10.7. The molecule has 146 valence electrons. The van der Waals surface area contributed by atoms with E-state index in [0.29, 0.717) is 11.5 Å². The molecular weight excluding hydrogens is 348 g/mol. The third-order valence-corrected chi connectivity index (χ3v) is 6.64. The van der Waals surface area contributed by atoms with Crippen molar-refractivity contribution in [2.24, 2.45) is 5.92 Å². The van der Waals surface area contributed by atoms with Crippen molar-refractivity contribution in [2.75, 3.05) is 6.54 Å². The molecule has 1 aliphatic carbocycles. The van der Waals surface area contributed by atoms with Gasteiger partial charge in [-0.15, -0.1) is 0 Å². The van der Waals surface area contributed by atoms with Gasteiger partial charge in [0.1, 0.15) is 0 Å². The highest BCUT2D eigenvalue weighted by atomic mass is 16.2. The number of fused-ring (bicyclic) bond motifs is 3. The zero-order valence-electron chi connectivity index (χ0n) is 16.5. The summed E-state index contributed by atoms with van der Waals surface area (Å²) in [6, 6.07) is 8.72. The molecule has 0 saturated heterocycles. The fourth-order valence-corrected chi connectivity index (χ4v) is 5.25. The van der Waals surface area contributed by atoms with Crippen LogP contribution >= 0.6 is 0 Å². The van der Waals surface area contributed by atoms with Crippen molar-refractivity contribution in [3.63, 3.8) is 0 Å². The van der Waals surface area contributed by atoms with Crippen LogP contribution in [-0.4, -0.2) is 32.1 Å². The second kappa shape index (κ2) is 7.12. The Balaban J connectivity index is 1.57. The minimum Gasteiger partial charge on any atom is -0.356 e. The monoisotopic (exact) mass is 376 g/mol. The van der Waals surface area contributed by atoms with Gasteiger partial charge >= 0.3 is 0 Å². The van der Waals surface area contributed by atoms with Gasteiger partial charge < -0.3 is 9.88 Å². The average molecular weight is 377 g/mol. The van der Waals surface area contributed by atoms with Crippen LogP contribution in [0.5, 0.6) is 0 Å². The van der Waals surface area contributed by atoms with Crippen molar-refractivity contribution < 1.29 is 4.79 Å². The van der Waals surface area contributed by atoms with E-state index in [-0.39, 0.29) is 11.9 Å². The van der Waals surface area contributed by atoms with E-state index in [1.165, 1.54) is 54.3 Å². The number of carbonyl (C=O) groups excluding carboxylic acids is 1. The predicted molar refractivity (Wildman–Crippen MR) is 110 cm³/mol. The summed E-state index contributed by atoms with van der Waals surface area (Å²) >= 11 is 0. The van der Waals surface area contributed by atoms with Gasteiger partial charge in [-0.3, -0.25) is 9.48 Å². The number of benzene rings is 1. The molecular formula is C23H28N4O. The van der Waals surface area contributed by atoms with Crippen LogP contribution in [0, 0.1) is 5.92 Å². The summed E-state index contributed by atoms with van der Waals surface area (Å²) in [6.07, 6.45) is 10.8. The lowest BCUT2D eigenvalue weighted by atomic mass is 9.79. The standard InChI is InChI=1S/C23H28N4O/c1-2-26-15-17(14-24-26)23(28)27-13-12-19-18-10-6-7-11-20(18)25-21(19)22(27)16-8-4-3-5-9-16/h6-7,10-11,14-16,22,25H,2-5,8-9,12-13H2,1H3. The van der Waals surface area contributed by atoms with Crippen LogP contribution in [0.3, 0.4) is 0 Å². The van der Waals surface area contributed by atoms with Crippen molar-refractivity contribution in [3.05, 3.63) is 53.5 Å². The van der Waals surface area contributed by atoms with Crippen molar-refractivity contribution in [3.8, 4) is 0 Å². The van der Waals surface area contributed by atoms with Crippen molar-refractivity contribution in [2.45, 2.75) is 58.0 Å². The molecule has 3 heterocycles. The second-order valence-electron chi connectivity index (χ2n) is 8.24. The molecule has 0 spiro atoms. The number of carbonyl (C=O) groups is 1. The Morgan fingerprint density at radius 3 is 2.82 bits per heavy atom. The topological polar surface area (TPSA) is 53.9 Å². The minimum absolute atomic E-state index is 0.125. The Labute approximate surface area is 165 Å². The van der Waals surface area contributed by atoms with E-state index in [9.17, 15) is 4.79 Å². The lowest BCUT2D eigenvalue weighted by molar-refractivity contribution is 0.0533. The van der Waals surface area contributed by atoms with Crippen LogP contribution in [-0.2, 0) is 13.0 Å². The molecule has 2 aliphatic rings. The third kappa shape index (κ3) is 2.84. The maximum atomic E-state index is 13.5. The molecule has 1 atom stereocenters. The average Bonchev–Trinajstić information content (AvgIpc) is 3.37. The number of rotatable bonds is 3. The van der Waals surface area contributed by atoms with E-state index >= 15 is 0 Å². The number of para-hydroxylation sites is 1. The van der Waals surface area contributed by atoms with Crippen LogP contribution in [0.2, 0.25) is 0 Å². The summed E-state index contributed by atoms with van der Waals surface area (Å²) in [5.41, 5.74) is 4.60. The molecule has 1 N–H and O–H groups in total. The third-order valence-electron chi connectivity index (χ3n) is 6.64. The molecule has 3 aromatic rings. The zero-order valence-corrected chi connectivity index (χ0v) is 16.5. The first-order chi connectivity index (χ1) is 13.8. The van der Waals surface area contributed by atoms with Gasteiger partial charge in [0, 0.05) is 35.9 Å². The van der Waals surface area contributed by atoms with E-state index in [2.05, 4.69) is 39.2 Å². The van der Waals surface area contributed by atoms with E-state index in [1.54, 1.807) is 6.20 Å². The van der Waals surface area contributed by atoms with E-state index in [0.717, 1.165) is 19.5 Å². The Kier molecular flexibility index (Phi) is 4.46. The number of hydrogen-bond donors (Lipinski definition) is 1. The first kappa shape index (κ1) is 17.5. The van der Waals surface area contributed by atoms with Gasteiger partial charge in [-0.2, -0.15) is 5.10 Å². The minimum atomic E-state index is 0.125. The molecule has 1 aromatic carbocycles. The Morgan fingerprint density at radius 1 is 1.21 bits per heavy atom. The Morgan fingerprint density at radius 2 is 2.04 bits per heavy atom. The van der Waals surface area contributed by atoms with Gasteiger partial charge in [0.2, 0.25) is 0 Å². The van der Waals surface area contributed by atoms with Crippen molar-refractivity contribution >= 4 is 16.8 Å². The Hall–Kier alpha value is -2.56. The molecule has 5 heteroatoms. The summed E-state index contributed by atoms with van der Waals surface area (Å²) in [6.45, 7) is 3.61. The molecule has 0 bridgehead atoms. The van der Waals surface area contributed by atoms with Crippen LogP contribution < -0.4 is 0 Å². The number of H-pyrrole nitrogens is 1. The number of aromatic amines is 1. The largest absolute Gasteiger partial charge is 0.356 e. The summed E-state index contributed by atoms with van der Waals surface area (Å²) in [4.78, 5) is 19.3. The molecule has 28 heavy (non-hydrogen) atoms. The number of aryl methyl sites for hydroxylation is 1. The highest BCUT2D eigenvalue weighted by molar-refractivity contribution is 5.95. The summed E-state index contributed by atoms with van der Waals surface area (Å²) in [5, 5.41) is 5.65. The number of nitrogens with zero attached hydrogens (tertiary/aromatic N) is 3. The van der Waals surface area contributed by atoms with Crippen LogP contribution in [0.4, 0.5) is 0 Å². The van der Waals surface area contributed by atoms with Crippen molar-refractivity contribution in [1.29, 1.82) is 0 Å². The Bertz CT molecular complexity index is 995. The maximum Gasteiger partial charge on any atom is 0.257 e. The van der Waals surface area contributed by atoms with Gasteiger partial charge in [-0.05, 0) is 43.7 Å². The summed E-state index contributed by atoms with van der Waals surface area (Å²) < 4.78 is 1.83. The van der Waals surface area contributed by atoms with Crippen LogP contribution in [0.1, 0.15) is 66.7 Å². The van der Waals surface area contributed by atoms with E-state index in [4.69, 9.17) is 0 Å². The lowest BCUT2D eigenvalue weighted by Crippen LogP contribution is -2.43. The summed E-state index contributed by atoms with van der Waals surface area (Å²) in [5.74, 6) is 0.658. The molecule has 1 fully saturated rings. The maximum absolute atomic E-state index is 13.5. The number of nitrogens with one attached hydrogen (secondary N) is 1. The highest BCUT2D eigenvalue weighted by Gasteiger charge is 2.39. The first-order valence-electron chi connectivity index (χ1n) is 10.7. The van der Waals surface area contributed by atoms with Gasteiger partial charge in [0.15, 0.2) is 0 Å². The quantitative estimate of drug-likeness (QED) is 0.720. The molecule has 1 aliphatic heterocycles. The molecule has 1 saturated carbocycles. The zero-order chi connectivity index (χ0) is 19.1. The SMILES string of the molecule is CCn1cc(C(=O)N2CCc3c([nH]c4ccccc34)C2C2CCCCC2)cn1. The molecule has 5 rings (SSSR count). The van der Waals surface area contributed by atoms with Crippen LogP contribution in [0.15, 0.2) is 36.7 Å². The van der Waals surface area contributed by atoms with Gasteiger partial charge in [0.05, 0.1) is 17.8 Å².